The topological polar surface area (TPSA) is 96.0 Å². The summed E-state index contributed by atoms with van der Waals surface area (Å²) < 4.78 is 0. The van der Waals surface area contributed by atoms with Gasteiger partial charge in [-0.1, -0.05) is 13.8 Å². The van der Waals surface area contributed by atoms with E-state index in [1.165, 1.54) is 0 Å². The van der Waals surface area contributed by atoms with Crippen molar-refractivity contribution in [2.45, 2.75) is 33.1 Å². The van der Waals surface area contributed by atoms with Crippen LogP contribution in [0.2, 0.25) is 0 Å². The van der Waals surface area contributed by atoms with Gasteiger partial charge in [-0.2, -0.15) is 5.26 Å². The fraction of sp³-hybridized carbons (Fsp3) is 0.700. The van der Waals surface area contributed by atoms with Crippen LogP contribution in [0.1, 0.15) is 33.1 Å². The Balaban J connectivity index is 4.29. The van der Waals surface area contributed by atoms with E-state index in [0.717, 1.165) is 0 Å². The molecule has 0 aliphatic carbocycles. The highest BCUT2D eigenvalue weighted by Gasteiger charge is 2.34. The summed E-state index contributed by atoms with van der Waals surface area (Å²) in [6.07, 6.45) is 1.02. The largest absolute Gasteiger partial charge is 0.370 e. The van der Waals surface area contributed by atoms with E-state index in [4.69, 9.17) is 11.0 Å². The number of carbonyl (C=O) groups is 2. The molecule has 0 aliphatic rings. The number of nitrogens with one attached hydrogen (secondary N) is 1. The van der Waals surface area contributed by atoms with E-state index < -0.39 is 11.3 Å². The molecule has 5 heteroatoms. The third-order valence-electron chi connectivity index (χ3n) is 2.51. The van der Waals surface area contributed by atoms with Gasteiger partial charge in [0.1, 0.15) is 5.41 Å². The molecule has 0 unspecified atom stereocenters. The Morgan fingerprint density at radius 1 is 1.40 bits per heavy atom. The lowest BCUT2D eigenvalue weighted by Crippen LogP contribution is -2.40. The molecule has 0 aliphatic heterocycles. The normalized spacial score (nSPS) is 10.5. The minimum absolute atomic E-state index is 0.0979. The second-order valence-corrected chi connectivity index (χ2v) is 3.37. The molecule has 3 N–H and O–H groups in total. The number of hydrogen-bond acceptors (Lipinski definition) is 3. The molecule has 0 aromatic heterocycles. The van der Waals surface area contributed by atoms with Gasteiger partial charge in [0.25, 0.3) is 0 Å². The zero-order chi connectivity index (χ0) is 11.9. The number of rotatable bonds is 6. The van der Waals surface area contributed by atoms with Crippen LogP contribution in [0.15, 0.2) is 0 Å². The summed E-state index contributed by atoms with van der Waals surface area (Å²) in [4.78, 5) is 22.1. The lowest BCUT2D eigenvalue weighted by atomic mass is 9.83. The number of hydrogen-bond donors (Lipinski definition) is 2. The Labute approximate surface area is 89.6 Å². The molecule has 0 aromatic carbocycles. The average Bonchev–Trinajstić information content (AvgIpc) is 2.21. The van der Waals surface area contributed by atoms with Gasteiger partial charge in [0.15, 0.2) is 0 Å². The molecule has 0 radical (unpaired) electrons. The van der Waals surface area contributed by atoms with Gasteiger partial charge in [0.05, 0.1) is 6.07 Å². The first-order valence-electron chi connectivity index (χ1n) is 5.00. The molecular formula is C10H17N3O2. The molecule has 0 bridgehead atoms. The Bertz CT molecular complexity index is 277. The lowest BCUT2D eigenvalue weighted by Gasteiger charge is -2.21. The number of nitrogens with two attached hydrogens (primary N) is 1. The molecule has 2 amide bonds. The standard InChI is InChI=1S/C10H17N3O2/c1-3-10(4-2,7-11)9(15)13-6-5-8(12)14/h3-6H2,1-2H3,(H2,12,14)(H,13,15). The Morgan fingerprint density at radius 3 is 2.27 bits per heavy atom. The van der Waals surface area contributed by atoms with E-state index in [2.05, 4.69) is 5.32 Å². The average molecular weight is 211 g/mol. The first kappa shape index (κ1) is 13.4. The number of carbonyl (C=O) groups excluding carboxylic acids is 2. The number of nitrogens with zero attached hydrogens (tertiary/aromatic N) is 1. The van der Waals surface area contributed by atoms with Crippen molar-refractivity contribution < 1.29 is 9.59 Å². The fourth-order valence-corrected chi connectivity index (χ4v) is 1.25. The maximum absolute atomic E-state index is 11.7. The summed E-state index contributed by atoms with van der Waals surface area (Å²) in [5, 5.41) is 11.5. The van der Waals surface area contributed by atoms with Crippen LogP contribution in [0.4, 0.5) is 0 Å². The maximum atomic E-state index is 11.7. The fourth-order valence-electron chi connectivity index (χ4n) is 1.25. The Hall–Kier alpha value is -1.57. The smallest absolute Gasteiger partial charge is 0.240 e. The van der Waals surface area contributed by atoms with Gasteiger partial charge < -0.3 is 11.1 Å². The highest BCUT2D eigenvalue weighted by molar-refractivity contribution is 5.85. The van der Waals surface area contributed by atoms with Gasteiger partial charge in [0.2, 0.25) is 11.8 Å². The number of primary amides is 1. The van der Waals surface area contributed by atoms with Gasteiger partial charge in [-0.05, 0) is 12.8 Å². The van der Waals surface area contributed by atoms with Gasteiger partial charge in [-0.25, -0.2) is 0 Å². The summed E-state index contributed by atoms with van der Waals surface area (Å²) >= 11 is 0. The molecule has 0 aromatic rings. The summed E-state index contributed by atoms with van der Waals surface area (Å²) in [6.45, 7) is 3.78. The van der Waals surface area contributed by atoms with Crippen LogP contribution in [0.3, 0.4) is 0 Å². The highest BCUT2D eigenvalue weighted by atomic mass is 16.2. The Morgan fingerprint density at radius 2 is 1.93 bits per heavy atom. The first-order chi connectivity index (χ1) is 7.02. The second kappa shape index (κ2) is 6.02. The van der Waals surface area contributed by atoms with Crippen LogP contribution in [0.25, 0.3) is 0 Å². The molecule has 0 fully saturated rings. The number of amides is 2. The van der Waals surface area contributed by atoms with E-state index in [-0.39, 0.29) is 18.9 Å². The quantitative estimate of drug-likeness (QED) is 0.661. The van der Waals surface area contributed by atoms with Crippen molar-refractivity contribution in [1.82, 2.24) is 5.32 Å². The molecule has 0 rings (SSSR count). The SMILES string of the molecule is CCC(C#N)(CC)C(=O)NCCC(N)=O. The minimum Gasteiger partial charge on any atom is -0.370 e. The highest BCUT2D eigenvalue weighted by Crippen LogP contribution is 2.25. The molecule has 0 heterocycles. The van der Waals surface area contributed by atoms with E-state index in [1.54, 1.807) is 13.8 Å². The van der Waals surface area contributed by atoms with Crippen molar-refractivity contribution in [3.05, 3.63) is 0 Å². The molecule has 0 saturated carbocycles. The minimum atomic E-state index is -0.975. The van der Waals surface area contributed by atoms with Gasteiger partial charge >= 0.3 is 0 Å². The van der Waals surface area contributed by atoms with Crippen LogP contribution in [0, 0.1) is 16.7 Å². The third-order valence-corrected chi connectivity index (χ3v) is 2.51. The van der Waals surface area contributed by atoms with Crippen LogP contribution in [0.5, 0.6) is 0 Å². The monoisotopic (exact) mass is 211 g/mol. The van der Waals surface area contributed by atoms with E-state index >= 15 is 0 Å². The van der Waals surface area contributed by atoms with Crippen LogP contribution >= 0.6 is 0 Å². The summed E-state index contributed by atoms with van der Waals surface area (Å²) in [5.41, 5.74) is 3.96. The Kier molecular flexibility index (Phi) is 5.39. The lowest BCUT2D eigenvalue weighted by molar-refractivity contribution is -0.128. The summed E-state index contributed by atoms with van der Waals surface area (Å²) in [6, 6.07) is 2.02. The predicted molar refractivity (Wildman–Crippen MR) is 55.4 cm³/mol. The second-order valence-electron chi connectivity index (χ2n) is 3.37. The van der Waals surface area contributed by atoms with E-state index in [0.29, 0.717) is 12.8 Å². The van der Waals surface area contributed by atoms with Gasteiger partial charge in [-0.3, -0.25) is 9.59 Å². The van der Waals surface area contributed by atoms with Crippen LogP contribution in [-0.4, -0.2) is 18.4 Å². The predicted octanol–water partition coefficient (Wildman–Crippen LogP) is 0.308. The molecule has 15 heavy (non-hydrogen) atoms. The summed E-state index contributed by atoms with van der Waals surface area (Å²) in [5.74, 6) is -0.790. The van der Waals surface area contributed by atoms with Gasteiger partial charge in [0, 0.05) is 13.0 Å². The molecule has 0 spiro atoms. The first-order valence-corrected chi connectivity index (χ1v) is 5.00. The van der Waals surface area contributed by atoms with E-state index in [9.17, 15) is 9.59 Å². The van der Waals surface area contributed by atoms with Gasteiger partial charge in [-0.15, -0.1) is 0 Å². The van der Waals surface area contributed by atoms with Crippen molar-refractivity contribution in [2.75, 3.05) is 6.54 Å². The van der Waals surface area contributed by atoms with Crippen LogP contribution in [-0.2, 0) is 9.59 Å². The van der Waals surface area contributed by atoms with Crippen molar-refractivity contribution >= 4 is 11.8 Å². The molecule has 0 atom stereocenters. The van der Waals surface area contributed by atoms with Crippen molar-refractivity contribution in [1.29, 1.82) is 5.26 Å². The van der Waals surface area contributed by atoms with Crippen LogP contribution < -0.4 is 11.1 Å². The van der Waals surface area contributed by atoms with Crippen molar-refractivity contribution in [3.63, 3.8) is 0 Å². The number of nitriles is 1. The zero-order valence-electron chi connectivity index (χ0n) is 9.17. The third kappa shape index (κ3) is 3.58. The maximum Gasteiger partial charge on any atom is 0.240 e. The van der Waals surface area contributed by atoms with Crippen molar-refractivity contribution in [3.8, 4) is 6.07 Å². The van der Waals surface area contributed by atoms with E-state index in [1.807, 2.05) is 6.07 Å². The zero-order valence-corrected chi connectivity index (χ0v) is 9.17. The molecule has 0 saturated heterocycles. The summed E-state index contributed by atoms with van der Waals surface area (Å²) in [7, 11) is 0. The molecular weight excluding hydrogens is 194 g/mol. The molecule has 84 valence electrons. The molecule has 5 nitrogen and oxygen atoms in total. The van der Waals surface area contributed by atoms with Crippen molar-refractivity contribution in [2.24, 2.45) is 11.1 Å².